The third-order valence-electron chi connectivity index (χ3n) is 5.24. The number of pyridine rings is 2. The molecule has 1 fully saturated rings. The van der Waals surface area contributed by atoms with Gasteiger partial charge in [0, 0.05) is 36.1 Å². The second-order valence-corrected chi connectivity index (χ2v) is 7.16. The van der Waals surface area contributed by atoms with E-state index in [1.807, 2.05) is 18.2 Å². The summed E-state index contributed by atoms with van der Waals surface area (Å²) < 4.78 is 32.5. The standard InChI is InChI=1S/C20H19F2N7O/c1-12-11-30-7-6-28(12)17-8-15(13-9-25-29(10-13)20(21)22)14-2-4-23-19(18(14)26-17)16-3-5-24-27-16/h2-5,8-10,12,20H,6-7,11H2,1H3,(H,24,27)/t12-/m1/s1. The van der Waals surface area contributed by atoms with Crippen LogP contribution in [0.15, 0.2) is 43.0 Å². The number of H-pyrrole nitrogens is 1. The molecule has 5 heterocycles. The van der Waals surface area contributed by atoms with E-state index in [-0.39, 0.29) is 6.04 Å². The van der Waals surface area contributed by atoms with Crippen molar-refractivity contribution in [1.29, 1.82) is 0 Å². The first-order valence-electron chi connectivity index (χ1n) is 9.58. The lowest BCUT2D eigenvalue weighted by Gasteiger charge is -2.34. The molecule has 10 heteroatoms. The van der Waals surface area contributed by atoms with E-state index in [0.29, 0.717) is 41.2 Å². The van der Waals surface area contributed by atoms with E-state index in [4.69, 9.17) is 9.72 Å². The minimum Gasteiger partial charge on any atom is -0.377 e. The van der Waals surface area contributed by atoms with Gasteiger partial charge in [-0.05, 0) is 30.7 Å². The van der Waals surface area contributed by atoms with Crippen molar-refractivity contribution in [3.63, 3.8) is 0 Å². The second-order valence-electron chi connectivity index (χ2n) is 7.16. The molecule has 0 radical (unpaired) electrons. The van der Waals surface area contributed by atoms with Crippen molar-refractivity contribution in [2.45, 2.75) is 19.5 Å². The summed E-state index contributed by atoms with van der Waals surface area (Å²) in [5, 5.41) is 11.6. The van der Waals surface area contributed by atoms with Gasteiger partial charge < -0.3 is 9.64 Å². The number of halogens is 2. The van der Waals surface area contributed by atoms with E-state index in [9.17, 15) is 8.78 Å². The van der Waals surface area contributed by atoms with E-state index in [2.05, 4.69) is 32.1 Å². The van der Waals surface area contributed by atoms with Crippen LogP contribution in [0.2, 0.25) is 0 Å². The maximum atomic E-state index is 13.1. The van der Waals surface area contributed by atoms with E-state index < -0.39 is 6.55 Å². The Morgan fingerprint density at radius 1 is 1.27 bits per heavy atom. The van der Waals surface area contributed by atoms with Crippen LogP contribution in [-0.2, 0) is 4.74 Å². The summed E-state index contributed by atoms with van der Waals surface area (Å²) in [7, 11) is 0. The van der Waals surface area contributed by atoms with Gasteiger partial charge in [-0.1, -0.05) is 0 Å². The summed E-state index contributed by atoms with van der Waals surface area (Å²) in [5.41, 5.74) is 3.40. The minimum atomic E-state index is -2.70. The van der Waals surface area contributed by atoms with Gasteiger partial charge in [0.2, 0.25) is 0 Å². The van der Waals surface area contributed by atoms with E-state index in [1.54, 1.807) is 12.4 Å². The molecule has 0 saturated carbocycles. The largest absolute Gasteiger partial charge is 0.377 e. The fraction of sp³-hybridized carbons (Fsp3) is 0.300. The van der Waals surface area contributed by atoms with Crippen LogP contribution in [0.5, 0.6) is 0 Å². The Morgan fingerprint density at radius 3 is 2.90 bits per heavy atom. The molecule has 4 aromatic rings. The topological polar surface area (TPSA) is 84.8 Å². The van der Waals surface area contributed by atoms with Gasteiger partial charge >= 0.3 is 6.55 Å². The number of hydrogen-bond donors (Lipinski definition) is 1. The van der Waals surface area contributed by atoms with Crippen molar-refractivity contribution >= 4 is 16.7 Å². The maximum absolute atomic E-state index is 13.1. The zero-order valence-corrected chi connectivity index (χ0v) is 16.2. The first-order valence-corrected chi connectivity index (χ1v) is 9.58. The molecule has 5 rings (SSSR count). The normalized spacial score (nSPS) is 17.2. The molecule has 30 heavy (non-hydrogen) atoms. The van der Waals surface area contributed by atoms with Gasteiger partial charge in [-0.2, -0.15) is 19.0 Å². The molecule has 1 N–H and O–H groups in total. The molecule has 1 aliphatic heterocycles. The van der Waals surface area contributed by atoms with Crippen molar-refractivity contribution in [3.8, 4) is 22.5 Å². The summed E-state index contributed by atoms with van der Waals surface area (Å²) in [4.78, 5) is 11.6. The van der Waals surface area contributed by atoms with Gasteiger partial charge in [-0.3, -0.25) is 10.1 Å². The zero-order chi connectivity index (χ0) is 20.7. The predicted molar refractivity (Wildman–Crippen MR) is 107 cm³/mol. The van der Waals surface area contributed by atoms with Crippen molar-refractivity contribution in [3.05, 3.63) is 43.0 Å². The van der Waals surface area contributed by atoms with Crippen LogP contribution < -0.4 is 4.90 Å². The quantitative estimate of drug-likeness (QED) is 0.553. The summed E-state index contributed by atoms with van der Waals surface area (Å²) >= 11 is 0. The highest BCUT2D eigenvalue weighted by molar-refractivity contribution is 6.01. The number of rotatable bonds is 4. The Balaban J connectivity index is 1.75. The highest BCUT2D eigenvalue weighted by Gasteiger charge is 2.23. The fourth-order valence-corrected chi connectivity index (χ4v) is 3.76. The van der Waals surface area contributed by atoms with Crippen molar-refractivity contribution in [2.75, 3.05) is 24.7 Å². The van der Waals surface area contributed by atoms with E-state index in [1.165, 1.54) is 12.4 Å². The van der Waals surface area contributed by atoms with Crippen LogP contribution in [-0.4, -0.2) is 55.7 Å². The molecule has 1 aliphatic rings. The lowest BCUT2D eigenvalue weighted by molar-refractivity contribution is 0.0566. The Bertz CT molecular complexity index is 1180. The number of fused-ring (bicyclic) bond motifs is 1. The van der Waals surface area contributed by atoms with Gasteiger partial charge in [-0.25, -0.2) is 9.67 Å². The monoisotopic (exact) mass is 411 g/mol. The van der Waals surface area contributed by atoms with Gasteiger partial charge in [0.1, 0.15) is 17.0 Å². The number of aromatic nitrogens is 6. The van der Waals surface area contributed by atoms with Gasteiger partial charge in [0.15, 0.2) is 0 Å². The molecule has 0 aromatic carbocycles. The minimum absolute atomic E-state index is 0.132. The molecule has 0 bridgehead atoms. The molecular formula is C20H19F2N7O. The Labute approximate surface area is 170 Å². The number of aromatic amines is 1. The molecule has 154 valence electrons. The number of morpholine rings is 1. The van der Waals surface area contributed by atoms with Crippen LogP contribution in [0.25, 0.3) is 33.4 Å². The van der Waals surface area contributed by atoms with Crippen molar-refractivity contribution in [1.82, 2.24) is 29.9 Å². The van der Waals surface area contributed by atoms with Crippen LogP contribution in [0.1, 0.15) is 13.5 Å². The van der Waals surface area contributed by atoms with Crippen LogP contribution in [0.4, 0.5) is 14.6 Å². The molecule has 0 spiro atoms. The summed E-state index contributed by atoms with van der Waals surface area (Å²) in [5.74, 6) is 0.742. The average Bonchev–Trinajstić information content (AvgIpc) is 3.45. The van der Waals surface area contributed by atoms with Crippen LogP contribution in [0.3, 0.4) is 0 Å². The number of nitrogens with one attached hydrogen (secondary N) is 1. The lowest BCUT2D eigenvalue weighted by Crippen LogP contribution is -2.44. The Morgan fingerprint density at radius 2 is 2.17 bits per heavy atom. The summed E-state index contributed by atoms with van der Waals surface area (Å²) in [6.07, 6.45) is 6.13. The SMILES string of the molecule is C[C@@H]1COCCN1c1cc(-c2cnn(C(F)F)c2)c2ccnc(-c3ccn[nH]3)c2n1. The molecule has 1 saturated heterocycles. The number of alkyl halides is 2. The smallest absolute Gasteiger partial charge is 0.333 e. The molecular weight excluding hydrogens is 392 g/mol. The molecule has 0 aliphatic carbocycles. The third-order valence-corrected chi connectivity index (χ3v) is 5.24. The molecule has 0 amide bonds. The Kier molecular flexibility index (Phi) is 4.62. The van der Waals surface area contributed by atoms with Crippen LogP contribution in [0, 0.1) is 0 Å². The highest BCUT2D eigenvalue weighted by atomic mass is 19.3. The summed E-state index contributed by atoms with van der Waals surface area (Å²) in [6, 6.07) is 5.71. The number of nitrogens with zero attached hydrogens (tertiary/aromatic N) is 6. The van der Waals surface area contributed by atoms with Crippen molar-refractivity contribution in [2.24, 2.45) is 0 Å². The second kappa shape index (κ2) is 7.45. The molecule has 4 aromatic heterocycles. The lowest BCUT2D eigenvalue weighted by atomic mass is 10.0. The van der Waals surface area contributed by atoms with Gasteiger partial charge in [0.25, 0.3) is 0 Å². The average molecular weight is 411 g/mol. The zero-order valence-electron chi connectivity index (χ0n) is 16.2. The highest BCUT2D eigenvalue weighted by Crippen LogP contribution is 2.35. The number of hydrogen-bond acceptors (Lipinski definition) is 6. The fourth-order valence-electron chi connectivity index (χ4n) is 3.76. The van der Waals surface area contributed by atoms with Gasteiger partial charge in [0.05, 0.1) is 31.1 Å². The molecule has 0 unspecified atom stereocenters. The number of ether oxygens (including phenoxy) is 1. The summed E-state index contributed by atoms with van der Waals surface area (Å²) in [6.45, 7) is 1.25. The predicted octanol–water partition coefficient (Wildman–Crippen LogP) is 3.50. The maximum Gasteiger partial charge on any atom is 0.333 e. The van der Waals surface area contributed by atoms with Crippen molar-refractivity contribution < 1.29 is 13.5 Å². The molecule has 1 atom stereocenters. The Hall–Kier alpha value is -3.40. The van der Waals surface area contributed by atoms with Gasteiger partial charge in [-0.15, -0.1) is 0 Å². The first-order chi connectivity index (χ1) is 14.6. The van der Waals surface area contributed by atoms with E-state index in [0.717, 1.165) is 22.5 Å². The first kappa shape index (κ1) is 18.6. The van der Waals surface area contributed by atoms with E-state index >= 15 is 0 Å². The molecule has 8 nitrogen and oxygen atoms in total. The third kappa shape index (κ3) is 3.18. The van der Waals surface area contributed by atoms with Crippen LogP contribution >= 0.6 is 0 Å². The number of anilines is 1.